The Labute approximate surface area is 116 Å². The van der Waals surface area contributed by atoms with Crippen LogP contribution in [0.1, 0.15) is 20.7 Å². The lowest BCUT2D eigenvalue weighted by Crippen LogP contribution is -2.57. The molecule has 1 aromatic carbocycles. The molecule has 0 aromatic heterocycles. The number of benzene rings is 1. The summed E-state index contributed by atoms with van der Waals surface area (Å²) in [6, 6.07) is 6.61. The van der Waals surface area contributed by atoms with Crippen molar-refractivity contribution in [3.8, 4) is 0 Å². The van der Waals surface area contributed by atoms with Gasteiger partial charge in [-0.2, -0.15) is 0 Å². The predicted molar refractivity (Wildman–Crippen MR) is 71.2 cm³/mol. The quantitative estimate of drug-likeness (QED) is 0.752. The number of imide groups is 1. The number of carbonyl (C=O) groups excluding carboxylic acids is 3. The van der Waals surface area contributed by atoms with Gasteiger partial charge in [0.05, 0.1) is 30.3 Å². The second kappa shape index (κ2) is 4.72. The summed E-state index contributed by atoms with van der Waals surface area (Å²) >= 11 is 0. The van der Waals surface area contributed by atoms with E-state index in [1.54, 1.807) is 36.2 Å². The zero-order chi connectivity index (χ0) is 14.3. The molecule has 0 bridgehead atoms. The van der Waals surface area contributed by atoms with Crippen LogP contribution < -0.4 is 5.32 Å². The molecule has 0 unspecified atom stereocenters. The molecule has 3 rings (SSSR count). The summed E-state index contributed by atoms with van der Waals surface area (Å²) in [4.78, 5) is 39.0. The highest BCUT2D eigenvalue weighted by Crippen LogP contribution is 2.23. The van der Waals surface area contributed by atoms with E-state index in [0.29, 0.717) is 24.2 Å². The number of nitrogens with zero attached hydrogens (tertiary/aromatic N) is 2. The van der Waals surface area contributed by atoms with E-state index >= 15 is 0 Å². The molecule has 0 saturated carbocycles. The third-order valence-corrected chi connectivity index (χ3v) is 3.87. The van der Waals surface area contributed by atoms with Gasteiger partial charge in [0.15, 0.2) is 0 Å². The number of hydrogen-bond donors (Lipinski definition) is 1. The number of hydrogen-bond acceptors (Lipinski definition) is 4. The fraction of sp³-hybridized carbons (Fsp3) is 0.357. The minimum atomic E-state index is -0.281. The van der Waals surface area contributed by atoms with Crippen molar-refractivity contribution in [3.63, 3.8) is 0 Å². The molecule has 1 saturated heterocycles. The van der Waals surface area contributed by atoms with Gasteiger partial charge in [-0.3, -0.25) is 19.3 Å². The highest BCUT2D eigenvalue weighted by atomic mass is 16.2. The first kappa shape index (κ1) is 12.8. The zero-order valence-corrected chi connectivity index (χ0v) is 11.1. The average molecular weight is 273 g/mol. The van der Waals surface area contributed by atoms with Crippen LogP contribution in [0.4, 0.5) is 0 Å². The van der Waals surface area contributed by atoms with Crippen LogP contribution in [-0.2, 0) is 4.79 Å². The first-order chi connectivity index (χ1) is 9.59. The normalized spacial score (nSPS) is 22.4. The molecule has 2 heterocycles. The molecule has 1 aromatic rings. The summed E-state index contributed by atoms with van der Waals surface area (Å²) in [5.41, 5.74) is 0.880. The summed E-state index contributed by atoms with van der Waals surface area (Å²) < 4.78 is 0. The second-order valence-electron chi connectivity index (χ2n) is 5.06. The highest BCUT2D eigenvalue weighted by molar-refractivity contribution is 6.21. The number of likely N-dealkylation sites (N-methyl/N-ethyl adjacent to an activating group) is 1. The molecular weight excluding hydrogens is 258 g/mol. The van der Waals surface area contributed by atoms with Crippen LogP contribution in [0.5, 0.6) is 0 Å². The molecule has 6 nitrogen and oxygen atoms in total. The molecule has 1 atom stereocenters. The fourth-order valence-corrected chi connectivity index (χ4v) is 2.61. The van der Waals surface area contributed by atoms with E-state index in [1.165, 1.54) is 4.90 Å². The molecule has 104 valence electrons. The maximum absolute atomic E-state index is 12.3. The molecule has 3 amide bonds. The highest BCUT2D eigenvalue weighted by Gasteiger charge is 2.38. The maximum atomic E-state index is 12.3. The molecule has 2 aliphatic rings. The lowest BCUT2D eigenvalue weighted by atomic mass is 10.1. The van der Waals surface area contributed by atoms with Crippen molar-refractivity contribution >= 4 is 17.7 Å². The SMILES string of the molecule is CN1C(=O)CNC[C@H]1CN1C(=O)c2ccccc2C1=O. The van der Waals surface area contributed by atoms with Crippen LogP contribution in [0.2, 0.25) is 0 Å². The molecule has 6 heteroatoms. The van der Waals surface area contributed by atoms with Crippen molar-refractivity contribution in [2.45, 2.75) is 6.04 Å². The summed E-state index contributed by atoms with van der Waals surface area (Å²) in [6.07, 6.45) is 0. The van der Waals surface area contributed by atoms with E-state index in [9.17, 15) is 14.4 Å². The predicted octanol–water partition coefficient (Wildman–Crippen LogP) is -0.287. The number of fused-ring (bicyclic) bond motifs is 1. The van der Waals surface area contributed by atoms with Gasteiger partial charge in [0.2, 0.25) is 5.91 Å². The summed E-state index contributed by atoms with van der Waals surface area (Å²) in [6.45, 7) is 1.10. The van der Waals surface area contributed by atoms with E-state index in [2.05, 4.69) is 5.32 Å². The Bertz CT molecular complexity index is 564. The third kappa shape index (κ3) is 1.89. The van der Waals surface area contributed by atoms with Gasteiger partial charge in [-0.1, -0.05) is 12.1 Å². The number of amides is 3. The van der Waals surface area contributed by atoms with Gasteiger partial charge >= 0.3 is 0 Å². The monoisotopic (exact) mass is 273 g/mol. The van der Waals surface area contributed by atoms with Crippen LogP contribution in [0.25, 0.3) is 0 Å². The minimum absolute atomic E-state index is 0.0298. The van der Waals surface area contributed by atoms with Crippen molar-refractivity contribution in [2.24, 2.45) is 0 Å². The van der Waals surface area contributed by atoms with Gasteiger partial charge < -0.3 is 10.2 Å². The van der Waals surface area contributed by atoms with Crippen LogP contribution in [-0.4, -0.2) is 60.2 Å². The average Bonchev–Trinajstić information content (AvgIpc) is 2.69. The number of nitrogens with one attached hydrogen (secondary N) is 1. The summed E-state index contributed by atoms with van der Waals surface area (Å²) in [5, 5.41) is 3.00. The van der Waals surface area contributed by atoms with Gasteiger partial charge in [-0.15, -0.1) is 0 Å². The topological polar surface area (TPSA) is 69.7 Å². The van der Waals surface area contributed by atoms with Crippen LogP contribution >= 0.6 is 0 Å². The Kier molecular flexibility index (Phi) is 3.02. The van der Waals surface area contributed by atoms with E-state index in [0.717, 1.165) is 0 Å². The smallest absolute Gasteiger partial charge is 0.261 e. The number of piperazine rings is 1. The third-order valence-electron chi connectivity index (χ3n) is 3.87. The molecule has 0 aliphatic carbocycles. The van der Waals surface area contributed by atoms with Gasteiger partial charge in [0.25, 0.3) is 11.8 Å². The van der Waals surface area contributed by atoms with Crippen molar-refractivity contribution in [2.75, 3.05) is 26.7 Å². The van der Waals surface area contributed by atoms with Crippen LogP contribution in [0.15, 0.2) is 24.3 Å². The van der Waals surface area contributed by atoms with Crippen molar-refractivity contribution < 1.29 is 14.4 Å². The Morgan fingerprint density at radius 3 is 2.35 bits per heavy atom. The molecule has 0 spiro atoms. The lowest BCUT2D eigenvalue weighted by molar-refractivity contribution is -0.133. The van der Waals surface area contributed by atoms with Crippen LogP contribution in [0.3, 0.4) is 0 Å². The first-order valence-electron chi connectivity index (χ1n) is 6.51. The lowest BCUT2D eigenvalue weighted by Gasteiger charge is -2.34. The van der Waals surface area contributed by atoms with Gasteiger partial charge in [0.1, 0.15) is 0 Å². The van der Waals surface area contributed by atoms with E-state index in [4.69, 9.17) is 0 Å². The van der Waals surface area contributed by atoms with Crippen molar-refractivity contribution in [3.05, 3.63) is 35.4 Å². The molecule has 2 aliphatic heterocycles. The van der Waals surface area contributed by atoms with Gasteiger partial charge in [-0.05, 0) is 12.1 Å². The molecule has 1 fully saturated rings. The second-order valence-corrected chi connectivity index (χ2v) is 5.06. The Morgan fingerprint density at radius 1 is 1.15 bits per heavy atom. The van der Waals surface area contributed by atoms with Crippen molar-refractivity contribution in [1.82, 2.24) is 15.1 Å². The van der Waals surface area contributed by atoms with E-state index in [-0.39, 0.29) is 30.3 Å². The van der Waals surface area contributed by atoms with Crippen LogP contribution in [0, 0.1) is 0 Å². The van der Waals surface area contributed by atoms with Gasteiger partial charge in [0, 0.05) is 13.6 Å². The Balaban J connectivity index is 1.81. The maximum Gasteiger partial charge on any atom is 0.261 e. The minimum Gasteiger partial charge on any atom is -0.339 e. The number of carbonyl (C=O) groups is 3. The summed E-state index contributed by atoms with van der Waals surface area (Å²) in [7, 11) is 1.70. The molecule has 1 N–H and O–H groups in total. The van der Waals surface area contributed by atoms with Crippen molar-refractivity contribution in [1.29, 1.82) is 0 Å². The zero-order valence-electron chi connectivity index (χ0n) is 11.1. The molecule has 0 radical (unpaired) electrons. The fourth-order valence-electron chi connectivity index (χ4n) is 2.61. The number of rotatable bonds is 2. The Morgan fingerprint density at radius 2 is 1.75 bits per heavy atom. The summed E-state index contributed by atoms with van der Waals surface area (Å²) in [5.74, 6) is -0.591. The first-order valence-corrected chi connectivity index (χ1v) is 6.51. The van der Waals surface area contributed by atoms with Gasteiger partial charge in [-0.25, -0.2) is 0 Å². The standard InChI is InChI=1S/C14H15N3O3/c1-16-9(6-15-7-12(16)18)8-17-13(19)10-4-2-3-5-11(10)14(17)20/h2-5,9,15H,6-8H2,1H3/t9-/m0/s1. The molecule has 20 heavy (non-hydrogen) atoms. The van der Waals surface area contributed by atoms with E-state index in [1.807, 2.05) is 0 Å². The molecular formula is C14H15N3O3. The largest absolute Gasteiger partial charge is 0.339 e. The van der Waals surface area contributed by atoms with E-state index < -0.39 is 0 Å². The Hall–Kier alpha value is -2.21.